The zero-order chi connectivity index (χ0) is 20.7. The van der Waals surface area contributed by atoms with Gasteiger partial charge < -0.3 is 19.6 Å². The molecule has 6 heteroatoms. The van der Waals surface area contributed by atoms with Crippen molar-refractivity contribution in [2.24, 2.45) is 5.92 Å². The normalized spacial score (nSPS) is 25.8. The molecule has 2 saturated heterocycles. The molecule has 3 atom stereocenters. The van der Waals surface area contributed by atoms with Gasteiger partial charge in [-0.2, -0.15) is 0 Å². The van der Waals surface area contributed by atoms with E-state index < -0.39 is 0 Å². The third-order valence-electron chi connectivity index (χ3n) is 6.78. The van der Waals surface area contributed by atoms with Crippen LogP contribution in [-0.4, -0.2) is 60.3 Å². The van der Waals surface area contributed by atoms with Crippen molar-refractivity contribution in [1.29, 1.82) is 0 Å². The van der Waals surface area contributed by atoms with Crippen LogP contribution in [0.2, 0.25) is 0 Å². The molecule has 0 spiro atoms. The Bertz CT molecular complexity index is 941. The summed E-state index contributed by atoms with van der Waals surface area (Å²) in [6.07, 6.45) is 1.47. The standard InChI is InChI=1S/C24H26N2O4/c27-15-21-22-18-8-4-5-9-19(18)25(23(28)17-10-12-30-13-11-17)14-20(22)26(21)24(29)16-6-2-1-3-7-16/h1-9,17,20-22,27H,10-15H2/t20-,21-,22+/m1/s1. The summed E-state index contributed by atoms with van der Waals surface area (Å²) in [5, 5.41) is 10.1. The van der Waals surface area contributed by atoms with Crippen LogP contribution in [0.1, 0.15) is 34.7 Å². The highest BCUT2D eigenvalue weighted by Gasteiger charge is 2.55. The molecular weight excluding hydrogens is 380 g/mol. The molecule has 3 aliphatic heterocycles. The minimum atomic E-state index is -0.274. The van der Waals surface area contributed by atoms with Crippen LogP contribution >= 0.6 is 0 Å². The van der Waals surface area contributed by atoms with Crippen LogP contribution in [0.15, 0.2) is 54.6 Å². The highest BCUT2D eigenvalue weighted by Crippen LogP contribution is 2.49. The fourth-order valence-electron chi connectivity index (χ4n) is 5.27. The van der Waals surface area contributed by atoms with Gasteiger partial charge in [-0.1, -0.05) is 36.4 Å². The molecule has 2 amide bonds. The molecule has 3 aliphatic rings. The molecule has 0 radical (unpaired) electrons. The van der Waals surface area contributed by atoms with Crippen LogP contribution in [0.25, 0.3) is 0 Å². The number of nitrogens with zero attached hydrogens (tertiary/aromatic N) is 2. The summed E-state index contributed by atoms with van der Waals surface area (Å²) in [7, 11) is 0. The Morgan fingerprint density at radius 2 is 1.70 bits per heavy atom. The number of carbonyl (C=O) groups is 2. The van der Waals surface area contributed by atoms with E-state index in [-0.39, 0.29) is 42.3 Å². The third kappa shape index (κ3) is 3.02. The SMILES string of the molecule is O=C(C1CCOCC1)N1C[C@@H]2[C@H](c3ccccc31)[C@@H](CO)N2C(=O)c1ccccc1. The van der Waals surface area contributed by atoms with Gasteiger partial charge in [0.05, 0.1) is 18.7 Å². The molecule has 5 rings (SSSR count). The summed E-state index contributed by atoms with van der Waals surface area (Å²) in [6.45, 7) is 1.60. The summed E-state index contributed by atoms with van der Waals surface area (Å²) in [5.41, 5.74) is 2.57. The molecule has 1 N–H and O–H groups in total. The highest BCUT2D eigenvalue weighted by molar-refractivity contribution is 5.99. The number of ether oxygens (including phenoxy) is 1. The number of hydrogen-bond donors (Lipinski definition) is 1. The first-order chi connectivity index (χ1) is 14.7. The van der Waals surface area contributed by atoms with Crippen LogP contribution in [0.5, 0.6) is 0 Å². The smallest absolute Gasteiger partial charge is 0.254 e. The Labute approximate surface area is 176 Å². The van der Waals surface area contributed by atoms with Crippen molar-refractivity contribution in [3.8, 4) is 0 Å². The van der Waals surface area contributed by atoms with E-state index in [1.165, 1.54) is 0 Å². The van der Waals surface area contributed by atoms with E-state index in [1.54, 1.807) is 17.0 Å². The summed E-state index contributed by atoms with van der Waals surface area (Å²) < 4.78 is 5.43. The van der Waals surface area contributed by atoms with Crippen molar-refractivity contribution in [3.63, 3.8) is 0 Å². The molecule has 2 fully saturated rings. The van der Waals surface area contributed by atoms with Gasteiger partial charge in [0.25, 0.3) is 5.91 Å². The average molecular weight is 406 g/mol. The zero-order valence-corrected chi connectivity index (χ0v) is 16.8. The lowest BCUT2D eigenvalue weighted by Gasteiger charge is -2.59. The largest absolute Gasteiger partial charge is 0.394 e. The van der Waals surface area contributed by atoms with Crippen LogP contribution in [0, 0.1) is 5.92 Å². The quantitative estimate of drug-likeness (QED) is 0.850. The molecule has 0 bridgehead atoms. The first-order valence-corrected chi connectivity index (χ1v) is 10.7. The molecular formula is C24H26N2O4. The fraction of sp³-hybridized carbons (Fsp3) is 0.417. The van der Waals surface area contributed by atoms with Crippen molar-refractivity contribution in [2.45, 2.75) is 30.8 Å². The van der Waals surface area contributed by atoms with Gasteiger partial charge >= 0.3 is 0 Å². The van der Waals surface area contributed by atoms with Crippen LogP contribution in [0.4, 0.5) is 5.69 Å². The van der Waals surface area contributed by atoms with Crippen LogP contribution < -0.4 is 4.90 Å². The fourth-order valence-corrected chi connectivity index (χ4v) is 5.27. The summed E-state index contributed by atoms with van der Waals surface area (Å²) in [6, 6.07) is 16.7. The molecule has 2 aromatic rings. The second-order valence-electron chi connectivity index (χ2n) is 8.32. The number of benzene rings is 2. The monoisotopic (exact) mass is 406 g/mol. The van der Waals surface area contributed by atoms with Crippen molar-refractivity contribution >= 4 is 17.5 Å². The van der Waals surface area contributed by atoms with E-state index in [2.05, 4.69) is 0 Å². The van der Waals surface area contributed by atoms with Gasteiger partial charge in [0.1, 0.15) is 0 Å². The van der Waals surface area contributed by atoms with E-state index in [0.29, 0.717) is 25.3 Å². The molecule has 6 nitrogen and oxygen atoms in total. The van der Waals surface area contributed by atoms with Gasteiger partial charge in [-0.25, -0.2) is 0 Å². The van der Waals surface area contributed by atoms with Crippen LogP contribution in [-0.2, 0) is 9.53 Å². The highest BCUT2D eigenvalue weighted by atomic mass is 16.5. The van der Waals surface area contributed by atoms with Gasteiger partial charge in [0, 0.05) is 42.8 Å². The van der Waals surface area contributed by atoms with E-state index in [9.17, 15) is 14.7 Å². The maximum Gasteiger partial charge on any atom is 0.254 e. The molecule has 3 heterocycles. The lowest BCUT2D eigenvalue weighted by atomic mass is 9.71. The first kappa shape index (κ1) is 19.3. The summed E-state index contributed by atoms with van der Waals surface area (Å²) >= 11 is 0. The van der Waals surface area contributed by atoms with Gasteiger partial charge in [0.15, 0.2) is 0 Å². The third-order valence-corrected chi connectivity index (χ3v) is 6.78. The number of aliphatic hydroxyl groups is 1. The maximum absolute atomic E-state index is 13.4. The Kier molecular flexibility index (Phi) is 5.05. The number of likely N-dealkylation sites (tertiary alicyclic amines) is 1. The van der Waals surface area contributed by atoms with E-state index in [0.717, 1.165) is 24.1 Å². The number of amides is 2. The molecule has 0 unspecified atom stereocenters. The number of rotatable bonds is 3. The number of aliphatic hydroxyl groups excluding tert-OH is 1. The number of carbonyl (C=O) groups excluding carboxylic acids is 2. The number of fused-ring (bicyclic) bond motifs is 3. The number of anilines is 1. The lowest BCUT2D eigenvalue weighted by Crippen LogP contribution is -2.71. The Hall–Kier alpha value is -2.70. The van der Waals surface area contributed by atoms with Crippen LogP contribution in [0.3, 0.4) is 0 Å². The molecule has 0 aliphatic carbocycles. The van der Waals surface area contributed by atoms with Crippen molar-refractivity contribution in [1.82, 2.24) is 4.90 Å². The minimum Gasteiger partial charge on any atom is -0.394 e. The second-order valence-corrected chi connectivity index (χ2v) is 8.32. The van der Waals surface area contributed by atoms with Gasteiger partial charge in [-0.05, 0) is 36.6 Å². The van der Waals surface area contributed by atoms with Gasteiger partial charge in [0.2, 0.25) is 5.91 Å². The van der Waals surface area contributed by atoms with E-state index in [1.807, 2.05) is 47.4 Å². The summed E-state index contributed by atoms with van der Waals surface area (Å²) in [5.74, 6) is 0.0189. The number of hydrogen-bond acceptors (Lipinski definition) is 4. The molecule has 2 aromatic carbocycles. The first-order valence-electron chi connectivity index (χ1n) is 10.7. The van der Waals surface area contributed by atoms with E-state index in [4.69, 9.17) is 4.74 Å². The minimum absolute atomic E-state index is 0.0394. The predicted octanol–water partition coefficient (Wildman–Crippen LogP) is 2.43. The van der Waals surface area contributed by atoms with Gasteiger partial charge in [-0.3, -0.25) is 9.59 Å². The predicted molar refractivity (Wildman–Crippen MR) is 112 cm³/mol. The Balaban J connectivity index is 1.49. The zero-order valence-electron chi connectivity index (χ0n) is 16.8. The molecule has 0 saturated carbocycles. The molecule has 0 aromatic heterocycles. The van der Waals surface area contributed by atoms with Crippen molar-refractivity contribution < 1.29 is 19.4 Å². The Morgan fingerprint density at radius 1 is 1.00 bits per heavy atom. The van der Waals surface area contributed by atoms with E-state index >= 15 is 0 Å². The lowest BCUT2D eigenvalue weighted by molar-refractivity contribution is -0.126. The molecule has 30 heavy (non-hydrogen) atoms. The number of para-hydroxylation sites is 1. The Morgan fingerprint density at radius 3 is 2.43 bits per heavy atom. The van der Waals surface area contributed by atoms with Gasteiger partial charge in [-0.15, -0.1) is 0 Å². The summed E-state index contributed by atoms with van der Waals surface area (Å²) in [4.78, 5) is 30.3. The topological polar surface area (TPSA) is 70.1 Å². The maximum atomic E-state index is 13.4. The van der Waals surface area contributed by atoms with Crippen molar-refractivity contribution in [2.75, 3.05) is 31.3 Å². The molecule has 156 valence electrons. The second kappa shape index (κ2) is 7.85. The average Bonchev–Trinajstić information content (AvgIpc) is 2.80. The van der Waals surface area contributed by atoms with Crippen molar-refractivity contribution in [3.05, 3.63) is 65.7 Å².